The number of carbonyl (C=O) groups excluding carboxylic acids is 1. The Morgan fingerprint density at radius 2 is 2.12 bits per heavy atom. The highest BCUT2D eigenvalue weighted by molar-refractivity contribution is 6.09. The van der Waals surface area contributed by atoms with E-state index in [4.69, 9.17) is 5.73 Å². The molecule has 0 bridgehead atoms. The molecule has 0 aliphatic heterocycles. The third-order valence-electron chi connectivity index (χ3n) is 2.87. The van der Waals surface area contributed by atoms with E-state index in [2.05, 4.69) is 4.98 Å². The van der Waals surface area contributed by atoms with E-state index in [1.54, 1.807) is 12.4 Å². The standard InChI is InChI=1S/C14H16N2O/c1-2-5-13(15)14(17)12-9-16-8-10-6-3-4-7-11(10)12/h3-4,6-9,13H,2,5,15H2,1H3. The van der Waals surface area contributed by atoms with E-state index in [-0.39, 0.29) is 5.78 Å². The number of fused-ring (bicyclic) bond motifs is 1. The molecule has 0 saturated heterocycles. The van der Waals surface area contributed by atoms with Crippen LogP contribution in [0.5, 0.6) is 0 Å². The summed E-state index contributed by atoms with van der Waals surface area (Å²) in [5.41, 5.74) is 6.50. The van der Waals surface area contributed by atoms with Gasteiger partial charge in [0.25, 0.3) is 0 Å². The minimum absolute atomic E-state index is 0.0175. The largest absolute Gasteiger partial charge is 0.321 e. The quantitative estimate of drug-likeness (QED) is 0.818. The lowest BCUT2D eigenvalue weighted by atomic mass is 9.98. The highest BCUT2D eigenvalue weighted by atomic mass is 16.1. The lowest BCUT2D eigenvalue weighted by Crippen LogP contribution is -2.30. The summed E-state index contributed by atoms with van der Waals surface area (Å²) in [6.07, 6.45) is 4.99. The average Bonchev–Trinajstić information content (AvgIpc) is 2.37. The highest BCUT2D eigenvalue weighted by Crippen LogP contribution is 2.18. The second kappa shape index (κ2) is 5.06. The summed E-state index contributed by atoms with van der Waals surface area (Å²) in [6, 6.07) is 7.31. The molecule has 17 heavy (non-hydrogen) atoms. The fourth-order valence-corrected chi connectivity index (χ4v) is 1.95. The normalized spacial score (nSPS) is 12.6. The van der Waals surface area contributed by atoms with E-state index >= 15 is 0 Å². The minimum Gasteiger partial charge on any atom is -0.321 e. The average molecular weight is 228 g/mol. The van der Waals surface area contributed by atoms with Gasteiger partial charge in [-0.2, -0.15) is 0 Å². The number of Topliss-reactive ketones (excluding diaryl/α,β-unsaturated/α-hetero) is 1. The number of aromatic nitrogens is 1. The molecule has 3 nitrogen and oxygen atoms in total. The number of carbonyl (C=O) groups is 1. The maximum absolute atomic E-state index is 12.2. The molecule has 0 radical (unpaired) electrons. The number of nitrogens with zero attached hydrogens (tertiary/aromatic N) is 1. The SMILES string of the molecule is CCCC(N)C(=O)c1cncc2ccccc12. The van der Waals surface area contributed by atoms with Crippen LogP contribution in [0.1, 0.15) is 30.1 Å². The summed E-state index contributed by atoms with van der Waals surface area (Å²) < 4.78 is 0. The molecule has 0 saturated carbocycles. The molecule has 1 aromatic heterocycles. The molecule has 0 aliphatic carbocycles. The number of pyridine rings is 1. The van der Waals surface area contributed by atoms with E-state index < -0.39 is 6.04 Å². The lowest BCUT2D eigenvalue weighted by Gasteiger charge is -2.10. The van der Waals surface area contributed by atoms with Gasteiger partial charge >= 0.3 is 0 Å². The Morgan fingerprint density at radius 1 is 1.35 bits per heavy atom. The monoisotopic (exact) mass is 228 g/mol. The van der Waals surface area contributed by atoms with Gasteiger partial charge in [-0.1, -0.05) is 37.6 Å². The van der Waals surface area contributed by atoms with Crippen molar-refractivity contribution < 1.29 is 4.79 Å². The van der Waals surface area contributed by atoms with E-state index in [1.807, 2.05) is 31.2 Å². The molecule has 0 fully saturated rings. The van der Waals surface area contributed by atoms with Crippen LogP contribution in [0.15, 0.2) is 36.7 Å². The number of hydrogen-bond acceptors (Lipinski definition) is 3. The second-order valence-corrected chi connectivity index (χ2v) is 4.17. The van der Waals surface area contributed by atoms with Gasteiger partial charge in [-0.3, -0.25) is 9.78 Å². The number of rotatable bonds is 4. The first-order valence-electron chi connectivity index (χ1n) is 5.86. The first-order chi connectivity index (χ1) is 8.24. The third-order valence-corrected chi connectivity index (χ3v) is 2.87. The maximum atomic E-state index is 12.2. The fourth-order valence-electron chi connectivity index (χ4n) is 1.95. The first kappa shape index (κ1) is 11.7. The Balaban J connectivity index is 2.45. The lowest BCUT2D eigenvalue weighted by molar-refractivity contribution is 0.0958. The molecule has 0 aliphatic rings. The van der Waals surface area contributed by atoms with Crippen LogP contribution in [0.2, 0.25) is 0 Å². The van der Waals surface area contributed by atoms with Gasteiger partial charge in [0.15, 0.2) is 5.78 Å². The predicted molar refractivity (Wildman–Crippen MR) is 69.0 cm³/mol. The van der Waals surface area contributed by atoms with Crippen LogP contribution in [0, 0.1) is 0 Å². The van der Waals surface area contributed by atoms with Gasteiger partial charge in [0, 0.05) is 23.3 Å². The van der Waals surface area contributed by atoms with Crippen molar-refractivity contribution in [3.05, 3.63) is 42.2 Å². The Hall–Kier alpha value is -1.74. The summed E-state index contributed by atoms with van der Waals surface area (Å²) in [5.74, 6) is -0.0175. The van der Waals surface area contributed by atoms with Crippen LogP contribution in [-0.2, 0) is 0 Å². The zero-order valence-corrected chi connectivity index (χ0v) is 9.89. The van der Waals surface area contributed by atoms with Crippen molar-refractivity contribution in [3.8, 4) is 0 Å². The number of ketones is 1. The van der Waals surface area contributed by atoms with Crippen molar-refractivity contribution >= 4 is 16.6 Å². The molecule has 0 spiro atoms. The molecule has 1 aromatic carbocycles. The molecule has 1 atom stereocenters. The molecule has 2 N–H and O–H groups in total. The van der Waals surface area contributed by atoms with Crippen LogP contribution in [0.4, 0.5) is 0 Å². The summed E-state index contributed by atoms with van der Waals surface area (Å²) in [5, 5.41) is 1.90. The Kier molecular flexibility index (Phi) is 3.49. The molecular formula is C14H16N2O. The van der Waals surface area contributed by atoms with E-state index in [9.17, 15) is 4.79 Å². The van der Waals surface area contributed by atoms with Crippen molar-refractivity contribution in [2.24, 2.45) is 5.73 Å². The minimum atomic E-state index is -0.424. The maximum Gasteiger partial charge on any atom is 0.181 e. The summed E-state index contributed by atoms with van der Waals surface area (Å²) in [4.78, 5) is 16.3. The van der Waals surface area contributed by atoms with E-state index in [0.29, 0.717) is 12.0 Å². The molecule has 88 valence electrons. The van der Waals surface area contributed by atoms with Crippen LogP contribution in [0.25, 0.3) is 10.8 Å². The van der Waals surface area contributed by atoms with Gasteiger partial charge in [0.05, 0.1) is 6.04 Å². The highest BCUT2D eigenvalue weighted by Gasteiger charge is 2.17. The molecular weight excluding hydrogens is 212 g/mol. The van der Waals surface area contributed by atoms with Crippen molar-refractivity contribution in [3.63, 3.8) is 0 Å². The predicted octanol–water partition coefficient (Wildman–Crippen LogP) is 2.54. The molecule has 1 unspecified atom stereocenters. The first-order valence-corrected chi connectivity index (χ1v) is 5.86. The van der Waals surface area contributed by atoms with E-state index in [1.165, 1.54) is 0 Å². The zero-order valence-electron chi connectivity index (χ0n) is 9.89. The van der Waals surface area contributed by atoms with Crippen molar-refractivity contribution in [1.82, 2.24) is 4.98 Å². The van der Waals surface area contributed by atoms with Gasteiger partial charge < -0.3 is 5.73 Å². The Morgan fingerprint density at radius 3 is 2.88 bits per heavy atom. The van der Waals surface area contributed by atoms with Crippen LogP contribution in [0.3, 0.4) is 0 Å². The molecule has 2 aromatic rings. The summed E-state index contributed by atoms with van der Waals surface area (Å²) in [7, 11) is 0. The third kappa shape index (κ3) is 2.34. The van der Waals surface area contributed by atoms with Crippen LogP contribution in [-0.4, -0.2) is 16.8 Å². The number of benzene rings is 1. The van der Waals surface area contributed by atoms with Gasteiger partial charge in [-0.05, 0) is 11.8 Å². The smallest absolute Gasteiger partial charge is 0.181 e. The molecule has 3 heteroatoms. The molecule has 0 amide bonds. The van der Waals surface area contributed by atoms with Gasteiger partial charge in [-0.15, -0.1) is 0 Å². The van der Waals surface area contributed by atoms with Crippen molar-refractivity contribution in [2.45, 2.75) is 25.8 Å². The van der Waals surface area contributed by atoms with Gasteiger partial charge in [0.1, 0.15) is 0 Å². The number of nitrogens with two attached hydrogens (primary N) is 1. The molecule has 1 heterocycles. The van der Waals surface area contributed by atoms with Crippen molar-refractivity contribution in [1.29, 1.82) is 0 Å². The van der Waals surface area contributed by atoms with Crippen molar-refractivity contribution in [2.75, 3.05) is 0 Å². The zero-order chi connectivity index (χ0) is 12.3. The Labute approximate surface area is 101 Å². The van der Waals surface area contributed by atoms with Crippen LogP contribution >= 0.6 is 0 Å². The topological polar surface area (TPSA) is 56.0 Å². The number of hydrogen-bond donors (Lipinski definition) is 1. The Bertz CT molecular complexity index is 531. The summed E-state index contributed by atoms with van der Waals surface area (Å²) >= 11 is 0. The van der Waals surface area contributed by atoms with Gasteiger partial charge in [-0.25, -0.2) is 0 Å². The fraction of sp³-hybridized carbons (Fsp3) is 0.286. The molecule has 2 rings (SSSR count). The second-order valence-electron chi connectivity index (χ2n) is 4.17. The van der Waals surface area contributed by atoms with Gasteiger partial charge in [0.2, 0.25) is 0 Å². The summed E-state index contributed by atoms with van der Waals surface area (Å²) in [6.45, 7) is 2.02. The van der Waals surface area contributed by atoms with E-state index in [0.717, 1.165) is 17.2 Å². The van der Waals surface area contributed by atoms with Crippen LogP contribution < -0.4 is 5.73 Å².